The minimum atomic E-state index is -3.71. The maximum atomic E-state index is 13.0. The van der Waals surface area contributed by atoms with Gasteiger partial charge in [-0.25, -0.2) is 8.42 Å². The fourth-order valence-corrected chi connectivity index (χ4v) is 4.54. The largest absolute Gasteiger partial charge is 0.392 e. The number of aromatic nitrogens is 2. The fraction of sp³-hybridized carbons (Fsp3) is 0.786. The van der Waals surface area contributed by atoms with Crippen molar-refractivity contribution in [3.63, 3.8) is 0 Å². The van der Waals surface area contributed by atoms with Crippen LogP contribution in [0.15, 0.2) is 5.03 Å². The highest BCUT2D eigenvalue weighted by Gasteiger charge is 2.34. The van der Waals surface area contributed by atoms with Crippen molar-refractivity contribution in [3.05, 3.63) is 11.3 Å². The summed E-state index contributed by atoms with van der Waals surface area (Å²) >= 11 is 0. The van der Waals surface area contributed by atoms with Crippen LogP contribution in [0.2, 0.25) is 0 Å². The van der Waals surface area contributed by atoms with Crippen molar-refractivity contribution < 1.29 is 13.5 Å². The van der Waals surface area contributed by atoms with Gasteiger partial charge in [0.15, 0.2) is 5.03 Å². The van der Waals surface area contributed by atoms with Crippen LogP contribution in [0.25, 0.3) is 0 Å². The fourth-order valence-electron chi connectivity index (χ4n) is 2.44. The van der Waals surface area contributed by atoms with Crippen molar-refractivity contribution in [1.29, 1.82) is 0 Å². The van der Waals surface area contributed by atoms with Gasteiger partial charge in [0, 0.05) is 23.8 Å². The SMILES string of the molecule is CCC(CC)N(CC(C)C)S(=O)(=O)c1n[nH]c(C)c1CO. The van der Waals surface area contributed by atoms with Crippen molar-refractivity contribution in [3.8, 4) is 0 Å². The Kier molecular flexibility index (Phi) is 6.37. The molecule has 0 aliphatic carbocycles. The van der Waals surface area contributed by atoms with Gasteiger partial charge >= 0.3 is 0 Å². The normalized spacial score (nSPS) is 12.8. The van der Waals surface area contributed by atoms with E-state index in [4.69, 9.17) is 0 Å². The Hall–Kier alpha value is -0.920. The summed E-state index contributed by atoms with van der Waals surface area (Å²) in [7, 11) is -3.71. The van der Waals surface area contributed by atoms with E-state index in [1.54, 1.807) is 6.92 Å². The zero-order valence-electron chi connectivity index (χ0n) is 13.5. The molecular weight excluding hydrogens is 290 g/mol. The van der Waals surface area contributed by atoms with Crippen LogP contribution in [-0.4, -0.2) is 40.6 Å². The Balaban J connectivity index is 3.32. The number of rotatable bonds is 8. The predicted molar refractivity (Wildman–Crippen MR) is 82.3 cm³/mol. The highest BCUT2D eigenvalue weighted by Crippen LogP contribution is 2.25. The van der Waals surface area contributed by atoms with E-state index in [1.807, 2.05) is 27.7 Å². The van der Waals surface area contributed by atoms with Crippen LogP contribution in [0.4, 0.5) is 0 Å². The Morgan fingerprint density at radius 3 is 2.29 bits per heavy atom. The third-order valence-corrected chi connectivity index (χ3v) is 5.53. The molecule has 21 heavy (non-hydrogen) atoms. The van der Waals surface area contributed by atoms with Gasteiger partial charge in [-0.3, -0.25) is 5.10 Å². The number of hydrogen-bond acceptors (Lipinski definition) is 4. The number of sulfonamides is 1. The number of aryl methyl sites for hydroxylation is 1. The summed E-state index contributed by atoms with van der Waals surface area (Å²) in [5.74, 6) is 0.220. The number of nitrogens with one attached hydrogen (secondary N) is 1. The second-order valence-electron chi connectivity index (χ2n) is 5.73. The molecule has 7 heteroatoms. The van der Waals surface area contributed by atoms with E-state index in [1.165, 1.54) is 4.31 Å². The molecular formula is C14H27N3O3S. The van der Waals surface area contributed by atoms with Crippen LogP contribution in [-0.2, 0) is 16.6 Å². The maximum Gasteiger partial charge on any atom is 0.263 e. The molecule has 1 aromatic heterocycles. The average Bonchev–Trinajstić information content (AvgIpc) is 2.80. The molecule has 0 aliphatic rings. The van der Waals surface area contributed by atoms with Gasteiger partial charge in [0.25, 0.3) is 10.0 Å². The Morgan fingerprint density at radius 1 is 1.29 bits per heavy atom. The molecule has 1 heterocycles. The molecule has 0 radical (unpaired) electrons. The first-order valence-corrected chi connectivity index (χ1v) is 8.90. The summed E-state index contributed by atoms with van der Waals surface area (Å²) in [6.07, 6.45) is 1.50. The lowest BCUT2D eigenvalue weighted by atomic mass is 10.1. The molecule has 6 nitrogen and oxygen atoms in total. The van der Waals surface area contributed by atoms with Gasteiger partial charge in [0.2, 0.25) is 0 Å². The van der Waals surface area contributed by atoms with Gasteiger partial charge in [-0.15, -0.1) is 0 Å². The highest BCUT2D eigenvalue weighted by molar-refractivity contribution is 7.89. The zero-order chi connectivity index (χ0) is 16.2. The standard InChI is InChI=1S/C14H27N3O3S/c1-6-12(7-2)17(8-10(3)4)21(19,20)14-13(9-18)11(5)15-16-14/h10,12,18H,6-9H2,1-5H3,(H,15,16). The molecule has 0 saturated heterocycles. The molecule has 1 rings (SSSR count). The van der Waals surface area contributed by atoms with Crippen LogP contribution in [0.5, 0.6) is 0 Å². The molecule has 0 bridgehead atoms. The summed E-state index contributed by atoms with van der Waals surface area (Å²) in [4.78, 5) is 0. The molecule has 0 saturated carbocycles. The van der Waals surface area contributed by atoms with Crippen LogP contribution < -0.4 is 0 Å². The van der Waals surface area contributed by atoms with Crippen molar-refractivity contribution >= 4 is 10.0 Å². The second kappa shape index (κ2) is 7.38. The number of hydrogen-bond donors (Lipinski definition) is 2. The molecule has 0 unspecified atom stereocenters. The molecule has 0 amide bonds. The number of H-pyrrole nitrogens is 1. The zero-order valence-corrected chi connectivity index (χ0v) is 14.4. The number of nitrogens with zero attached hydrogens (tertiary/aromatic N) is 2. The van der Waals surface area contributed by atoms with Crippen LogP contribution >= 0.6 is 0 Å². The lowest BCUT2D eigenvalue weighted by molar-refractivity contribution is 0.268. The van der Waals surface area contributed by atoms with E-state index >= 15 is 0 Å². The maximum absolute atomic E-state index is 13.0. The topological polar surface area (TPSA) is 86.3 Å². The van der Waals surface area contributed by atoms with Gasteiger partial charge in [-0.1, -0.05) is 27.7 Å². The molecule has 0 fully saturated rings. The van der Waals surface area contributed by atoms with Crippen LogP contribution in [0, 0.1) is 12.8 Å². The lowest BCUT2D eigenvalue weighted by Gasteiger charge is -2.30. The smallest absolute Gasteiger partial charge is 0.263 e. The van der Waals surface area contributed by atoms with Crippen molar-refractivity contribution in [2.75, 3.05) is 6.54 Å². The predicted octanol–water partition coefficient (Wildman–Crippen LogP) is 2.05. The summed E-state index contributed by atoms with van der Waals surface area (Å²) in [6.45, 7) is 9.78. The van der Waals surface area contributed by atoms with Gasteiger partial charge in [0.1, 0.15) is 0 Å². The first-order chi connectivity index (χ1) is 9.79. The van der Waals surface area contributed by atoms with Crippen LogP contribution in [0.3, 0.4) is 0 Å². The monoisotopic (exact) mass is 317 g/mol. The minimum absolute atomic E-state index is 0.0462. The third-order valence-electron chi connectivity index (χ3n) is 3.64. The summed E-state index contributed by atoms with van der Waals surface area (Å²) in [5, 5.41) is 16.0. The summed E-state index contributed by atoms with van der Waals surface area (Å²) < 4.78 is 27.4. The number of aliphatic hydroxyl groups excluding tert-OH is 1. The number of aromatic amines is 1. The lowest BCUT2D eigenvalue weighted by Crippen LogP contribution is -2.42. The van der Waals surface area contributed by atoms with Gasteiger partial charge in [0.05, 0.1) is 6.61 Å². The quantitative estimate of drug-likeness (QED) is 0.768. The van der Waals surface area contributed by atoms with Gasteiger partial charge < -0.3 is 5.11 Å². The molecule has 0 atom stereocenters. The molecule has 0 aromatic carbocycles. The summed E-state index contributed by atoms with van der Waals surface area (Å²) in [6, 6.07) is -0.0547. The first-order valence-electron chi connectivity index (χ1n) is 7.46. The Bertz CT molecular complexity index is 548. The number of aliphatic hydroxyl groups is 1. The summed E-state index contributed by atoms with van der Waals surface area (Å²) in [5.41, 5.74) is 0.944. The van der Waals surface area contributed by atoms with E-state index in [0.29, 0.717) is 17.8 Å². The first kappa shape index (κ1) is 18.1. The Morgan fingerprint density at radius 2 is 1.86 bits per heavy atom. The molecule has 2 N–H and O–H groups in total. The Labute approximate surface area is 127 Å². The highest BCUT2D eigenvalue weighted by atomic mass is 32.2. The van der Waals surface area contributed by atoms with Crippen molar-refractivity contribution in [2.45, 2.75) is 65.1 Å². The average molecular weight is 317 g/mol. The van der Waals surface area contributed by atoms with Gasteiger partial charge in [-0.05, 0) is 25.7 Å². The second-order valence-corrected chi connectivity index (χ2v) is 7.54. The van der Waals surface area contributed by atoms with E-state index in [0.717, 1.165) is 12.8 Å². The van der Waals surface area contributed by atoms with E-state index in [9.17, 15) is 13.5 Å². The molecule has 122 valence electrons. The van der Waals surface area contributed by atoms with E-state index < -0.39 is 10.0 Å². The molecule has 0 aliphatic heterocycles. The van der Waals surface area contributed by atoms with Gasteiger partial charge in [-0.2, -0.15) is 9.40 Å². The minimum Gasteiger partial charge on any atom is -0.392 e. The molecule has 0 spiro atoms. The van der Waals surface area contributed by atoms with Crippen LogP contribution in [0.1, 0.15) is 51.8 Å². The van der Waals surface area contributed by atoms with E-state index in [2.05, 4.69) is 10.2 Å². The van der Waals surface area contributed by atoms with Crippen molar-refractivity contribution in [1.82, 2.24) is 14.5 Å². The molecule has 1 aromatic rings. The van der Waals surface area contributed by atoms with Crippen molar-refractivity contribution in [2.24, 2.45) is 5.92 Å². The third kappa shape index (κ3) is 3.84. The van der Waals surface area contributed by atoms with E-state index in [-0.39, 0.29) is 23.6 Å².